The first-order valence-electron chi connectivity index (χ1n) is 8.19. The molecule has 4 aromatic rings. The van der Waals surface area contributed by atoms with Gasteiger partial charge in [0.2, 0.25) is 0 Å². The fourth-order valence-corrected chi connectivity index (χ4v) is 3.18. The molecule has 0 saturated heterocycles. The normalized spacial score (nSPS) is 12.5. The molecule has 0 atom stereocenters. The van der Waals surface area contributed by atoms with Crippen molar-refractivity contribution in [2.24, 2.45) is 0 Å². The number of aromatic nitrogens is 3. The van der Waals surface area contributed by atoms with Crippen molar-refractivity contribution < 1.29 is 0 Å². The van der Waals surface area contributed by atoms with Crippen LogP contribution < -0.4 is 0 Å². The number of imidazole rings is 1. The van der Waals surface area contributed by atoms with E-state index in [0.29, 0.717) is 0 Å². The number of aryl methyl sites for hydroxylation is 1. The van der Waals surface area contributed by atoms with Gasteiger partial charge in [-0.05, 0) is 36.2 Å². The fourth-order valence-electron chi connectivity index (χ4n) is 3.18. The van der Waals surface area contributed by atoms with E-state index in [9.17, 15) is 0 Å². The van der Waals surface area contributed by atoms with E-state index < -0.39 is 0 Å². The second-order valence-corrected chi connectivity index (χ2v) is 7.14. The van der Waals surface area contributed by atoms with Gasteiger partial charge >= 0.3 is 0 Å². The number of pyridine rings is 2. The van der Waals surface area contributed by atoms with E-state index in [1.165, 1.54) is 10.9 Å². The SMILES string of the molecule is CCc1cc(C(C)(C)C)nc2ccn3c4ccccc4nc3c12. The van der Waals surface area contributed by atoms with Gasteiger partial charge in [0.15, 0.2) is 0 Å². The lowest BCUT2D eigenvalue weighted by Crippen LogP contribution is -2.14. The van der Waals surface area contributed by atoms with E-state index in [2.05, 4.69) is 68.6 Å². The Morgan fingerprint density at radius 1 is 1.00 bits per heavy atom. The number of para-hydroxylation sites is 2. The highest BCUT2D eigenvalue weighted by molar-refractivity contribution is 5.98. The van der Waals surface area contributed by atoms with Crippen LogP contribution in [-0.4, -0.2) is 14.4 Å². The largest absolute Gasteiger partial charge is 0.299 e. The Labute approximate surface area is 136 Å². The maximum atomic E-state index is 4.92. The number of fused-ring (bicyclic) bond motifs is 5. The minimum Gasteiger partial charge on any atom is -0.299 e. The zero-order valence-corrected chi connectivity index (χ0v) is 14.1. The second-order valence-electron chi connectivity index (χ2n) is 7.14. The smallest absolute Gasteiger partial charge is 0.147 e. The predicted molar refractivity (Wildman–Crippen MR) is 96.1 cm³/mol. The summed E-state index contributed by atoms with van der Waals surface area (Å²) in [6.07, 6.45) is 3.07. The number of hydrogen-bond acceptors (Lipinski definition) is 2. The Morgan fingerprint density at radius 3 is 2.52 bits per heavy atom. The molecule has 3 aromatic heterocycles. The molecule has 3 nitrogen and oxygen atoms in total. The monoisotopic (exact) mass is 303 g/mol. The van der Waals surface area contributed by atoms with Crippen LogP contribution in [0.4, 0.5) is 0 Å². The highest BCUT2D eigenvalue weighted by atomic mass is 15.0. The Morgan fingerprint density at radius 2 is 1.78 bits per heavy atom. The first kappa shape index (κ1) is 14.2. The van der Waals surface area contributed by atoms with Gasteiger partial charge in [-0.25, -0.2) is 4.98 Å². The van der Waals surface area contributed by atoms with Gasteiger partial charge in [0.05, 0.1) is 16.6 Å². The van der Waals surface area contributed by atoms with E-state index in [4.69, 9.17) is 9.97 Å². The van der Waals surface area contributed by atoms with Crippen LogP contribution in [0.3, 0.4) is 0 Å². The maximum Gasteiger partial charge on any atom is 0.147 e. The van der Waals surface area contributed by atoms with Gasteiger partial charge < -0.3 is 0 Å². The molecule has 0 aliphatic rings. The predicted octanol–water partition coefficient (Wildman–Crippen LogP) is 4.90. The standard InChI is InChI=1S/C20H21N3/c1-5-13-12-17(20(2,3)4)21-15-10-11-23-16-9-7-6-8-14(16)22-19(23)18(13)15/h6-12H,5H2,1-4H3. The maximum absolute atomic E-state index is 4.92. The quantitative estimate of drug-likeness (QED) is 0.501. The zero-order chi connectivity index (χ0) is 16.2. The highest BCUT2D eigenvalue weighted by Gasteiger charge is 2.19. The first-order chi connectivity index (χ1) is 11.0. The molecule has 3 heterocycles. The minimum absolute atomic E-state index is 0.0460. The summed E-state index contributed by atoms with van der Waals surface area (Å²) in [5.41, 5.74) is 6.73. The van der Waals surface area contributed by atoms with E-state index in [-0.39, 0.29) is 5.41 Å². The third kappa shape index (κ3) is 2.11. The Kier molecular flexibility index (Phi) is 2.95. The molecule has 3 heteroatoms. The molecule has 116 valence electrons. The summed E-state index contributed by atoms with van der Waals surface area (Å²) in [6, 6.07) is 12.6. The van der Waals surface area contributed by atoms with Crippen LogP contribution in [-0.2, 0) is 11.8 Å². The number of nitrogens with zero attached hydrogens (tertiary/aromatic N) is 3. The molecule has 0 radical (unpaired) electrons. The molecule has 1 aromatic carbocycles. The molecule has 0 unspecified atom stereocenters. The Balaban J connectivity index is 2.17. The van der Waals surface area contributed by atoms with Crippen LogP contribution in [0.5, 0.6) is 0 Å². The van der Waals surface area contributed by atoms with Gasteiger partial charge in [0, 0.05) is 22.7 Å². The van der Waals surface area contributed by atoms with Crippen molar-refractivity contribution in [2.75, 3.05) is 0 Å². The fraction of sp³-hybridized carbons (Fsp3) is 0.300. The molecule has 0 amide bonds. The summed E-state index contributed by atoms with van der Waals surface area (Å²) in [5.74, 6) is 0. The zero-order valence-electron chi connectivity index (χ0n) is 14.1. The molecule has 0 fully saturated rings. The van der Waals surface area contributed by atoms with E-state index in [1.807, 2.05) is 6.07 Å². The summed E-state index contributed by atoms with van der Waals surface area (Å²) in [6.45, 7) is 8.84. The molecule has 0 saturated carbocycles. The van der Waals surface area contributed by atoms with Gasteiger partial charge in [0.1, 0.15) is 5.65 Å². The van der Waals surface area contributed by atoms with Crippen molar-refractivity contribution in [1.29, 1.82) is 0 Å². The molecule has 0 N–H and O–H groups in total. The molecule has 0 spiro atoms. The second kappa shape index (κ2) is 4.79. The van der Waals surface area contributed by atoms with Gasteiger partial charge in [-0.2, -0.15) is 0 Å². The molecular weight excluding hydrogens is 282 g/mol. The number of hydrogen-bond donors (Lipinski definition) is 0. The topological polar surface area (TPSA) is 30.2 Å². The van der Waals surface area contributed by atoms with Crippen LogP contribution in [0.2, 0.25) is 0 Å². The highest BCUT2D eigenvalue weighted by Crippen LogP contribution is 2.30. The van der Waals surface area contributed by atoms with Gasteiger partial charge in [-0.15, -0.1) is 0 Å². The van der Waals surface area contributed by atoms with Gasteiger partial charge in [-0.3, -0.25) is 9.38 Å². The molecular formula is C20H21N3. The lowest BCUT2D eigenvalue weighted by atomic mass is 9.89. The third-order valence-electron chi connectivity index (χ3n) is 4.48. The Hall–Kier alpha value is -2.42. The summed E-state index contributed by atoms with van der Waals surface area (Å²) < 4.78 is 2.18. The van der Waals surface area contributed by atoms with Crippen LogP contribution in [0.1, 0.15) is 39.0 Å². The Bertz CT molecular complexity index is 1040. The average molecular weight is 303 g/mol. The number of rotatable bonds is 1. The molecule has 0 bridgehead atoms. The molecule has 0 aliphatic carbocycles. The average Bonchev–Trinajstić information content (AvgIpc) is 2.91. The van der Waals surface area contributed by atoms with E-state index in [1.54, 1.807) is 0 Å². The third-order valence-corrected chi connectivity index (χ3v) is 4.48. The minimum atomic E-state index is 0.0460. The van der Waals surface area contributed by atoms with Crippen molar-refractivity contribution in [3.63, 3.8) is 0 Å². The summed E-state index contributed by atoms with van der Waals surface area (Å²) in [4.78, 5) is 9.79. The summed E-state index contributed by atoms with van der Waals surface area (Å²) >= 11 is 0. The van der Waals surface area contributed by atoms with Crippen LogP contribution in [0.25, 0.3) is 27.6 Å². The summed E-state index contributed by atoms with van der Waals surface area (Å²) in [7, 11) is 0. The van der Waals surface area contributed by atoms with E-state index in [0.717, 1.165) is 34.3 Å². The van der Waals surface area contributed by atoms with Crippen LogP contribution in [0.15, 0.2) is 42.6 Å². The van der Waals surface area contributed by atoms with E-state index >= 15 is 0 Å². The summed E-state index contributed by atoms with van der Waals surface area (Å²) in [5, 5.41) is 1.18. The van der Waals surface area contributed by atoms with Crippen molar-refractivity contribution in [1.82, 2.24) is 14.4 Å². The van der Waals surface area contributed by atoms with Gasteiger partial charge in [0.25, 0.3) is 0 Å². The van der Waals surface area contributed by atoms with Crippen molar-refractivity contribution >= 4 is 27.6 Å². The lowest BCUT2D eigenvalue weighted by Gasteiger charge is -2.20. The lowest BCUT2D eigenvalue weighted by molar-refractivity contribution is 0.570. The van der Waals surface area contributed by atoms with Crippen molar-refractivity contribution in [2.45, 2.75) is 39.5 Å². The van der Waals surface area contributed by atoms with Crippen LogP contribution in [0, 0.1) is 0 Å². The molecule has 4 rings (SSSR count). The van der Waals surface area contributed by atoms with Crippen molar-refractivity contribution in [3.8, 4) is 0 Å². The molecule has 23 heavy (non-hydrogen) atoms. The number of benzene rings is 1. The van der Waals surface area contributed by atoms with Crippen LogP contribution >= 0.6 is 0 Å². The van der Waals surface area contributed by atoms with Crippen molar-refractivity contribution in [3.05, 3.63) is 53.9 Å². The van der Waals surface area contributed by atoms with Gasteiger partial charge in [-0.1, -0.05) is 39.8 Å². The first-order valence-corrected chi connectivity index (χ1v) is 8.19. The molecule has 0 aliphatic heterocycles.